The van der Waals surface area contributed by atoms with Crippen molar-refractivity contribution in [2.75, 3.05) is 51.6 Å². The number of ether oxygens (including phenoxy) is 3. The van der Waals surface area contributed by atoms with E-state index >= 15 is 4.39 Å². The van der Waals surface area contributed by atoms with E-state index in [4.69, 9.17) is 37.2 Å². The van der Waals surface area contributed by atoms with Crippen molar-refractivity contribution in [2.45, 2.75) is 56.3 Å². The lowest BCUT2D eigenvalue weighted by Gasteiger charge is -2.38. The Kier molecular flexibility index (Phi) is 8.37. The number of hydrogen-bond acceptors (Lipinski definition) is 8. The van der Waals surface area contributed by atoms with Gasteiger partial charge in [0.2, 0.25) is 0 Å². The highest BCUT2D eigenvalue weighted by atomic mass is 35.5. The van der Waals surface area contributed by atoms with Gasteiger partial charge in [0.1, 0.15) is 29.9 Å². The van der Waals surface area contributed by atoms with Crippen molar-refractivity contribution in [3.05, 3.63) is 52.8 Å². The molecule has 3 saturated heterocycles. The SMILES string of the molecule is C#Cc1cccc2cc(OCOC)cc(-c3c(Cl)cc4c(N5CCC[C@@](C)(O)C5)nc(OC[C@@]56CCCN5C[C@H](F)C6)nc4c3F)c12. The number of terminal acetylenes is 1. The van der Waals surface area contributed by atoms with E-state index in [1.807, 2.05) is 23.1 Å². The number of rotatable bonds is 8. The maximum atomic E-state index is 17.2. The van der Waals surface area contributed by atoms with Crippen molar-refractivity contribution in [1.29, 1.82) is 0 Å². The second kappa shape index (κ2) is 12.4. The average Bonchev–Trinajstić information content (AvgIpc) is 3.57. The first kappa shape index (κ1) is 31.8. The Morgan fingerprint density at radius 3 is 2.77 bits per heavy atom. The van der Waals surface area contributed by atoms with E-state index in [1.54, 1.807) is 25.1 Å². The Balaban J connectivity index is 1.41. The van der Waals surface area contributed by atoms with Crippen molar-refractivity contribution in [3.63, 3.8) is 0 Å². The molecule has 4 aromatic rings. The largest absolute Gasteiger partial charge is 0.468 e. The molecule has 0 bridgehead atoms. The summed E-state index contributed by atoms with van der Waals surface area (Å²) in [5.41, 5.74) is -0.279. The number of piperidine rings is 1. The molecular weight excluding hydrogens is 626 g/mol. The molecule has 0 radical (unpaired) electrons. The molecule has 1 N–H and O–H groups in total. The van der Waals surface area contributed by atoms with E-state index in [0.29, 0.717) is 65.8 Å². The first-order valence-electron chi connectivity index (χ1n) is 16.0. The Labute approximate surface area is 277 Å². The van der Waals surface area contributed by atoms with Gasteiger partial charge in [-0.25, -0.2) is 8.78 Å². The van der Waals surface area contributed by atoms with Crippen LogP contribution in [0.2, 0.25) is 5.02 Å². The van der Waals surface area contributed by atoms with Crippen molar-refractivity contribution in [3.8, 4) is 35.2 Å². The number of halogens is 3. The number of alkyl halides is 1. The molecule has 0 amide bonds. The van der Waals surface area contributed by atoms with Crippen LogP contribution in [0, 0.1) is 18.2 Å². The fourth-order valence-corrected chi connectivity index (χ4v) is 7.98. The van der Waals surface area contributed by atoms with Gasteiger partial charge in [-0.15, -0.1) is 6.42 Å². The highest BCUT2D eigenvalue weighted by Gasteiger charge is 2.49. The lowest BCUT2D eigenvalue weighted by molar-refractivity contribution is 0.0447. The summed E-state index contributed by atoms with van der Waals surface area (Å²) in [5.74, 6) is 2.91. The summed E-state index contributed by atoms with van der Waals surface area (Å²) in [5, 5.41) is 12.9. The van der Waals surface area contributed by atoms with Gasteiger partial charge < -0.3 is 24.2 Å². The molecule has 3 aromatic carbocycles. The summed E-state index contributed by atoms with van der Waals surface area (Å²) in [4.78, 5) is 13.5. The van der Waals surface area contributed by atoms with Gasteiger partial charge in [-0.2, -0.15) is 9.97 Å². The van der Waals surface area contributed by atoms with Crippen molar-refractivity contribution in [1.82, 2.24) is 14.9 Å². The topological polar surface area (TPSA) is 80.2 Å². The molecule has 11 heteroatoms. The first-order chi connectivity index (χ1) is 22.6. The van der Waals surface area contributed by atoms with Crippen molar-refractivity contribution in [2.24, 2.45) is 0 Å². The van der Waals surface area contributed by atoms with E-state index in [2.05, 4.69) is 15.8 Å². The van der Waals surface area contributed by atoms with Gasteiger partial charge in [0.05, 0.1) is 16.2 Å². The molecule has 4 heterocycles. The van der Waals surface area contributed by atoms with Crippen LogP contribution in [0.3, 0.4) is 0 Å². The number of β-amino-alcohol motifs (C(OH)–C–C–N with tert-alkyl or cyclic N) is 1. The third-order valence-corrected chi connectivity index (χ3v) is 10.1. The zero-order chi connectivity index (χ0) is 32.9. The minimum absolute atomic E-state index is 0.00726. The van der Waals surface area contributed by atoms with E-state index in [-0.39, 0.29) is 42.1 Å². The standard InChI is InChI=1S/C36H37ClF2N4O4/c1-4-22-8-5-9-23-14-25(47-21-45-3)15-26(29(22)23)30-28(37)16-27-32(31(30)39)40-34(41-33(27)42-12-6-10-35(2,44)19-42)46-20-36-11-7-13-43(36)18-24(38)17-36/h1,5,8-9,14-16,24,44H,6-7,10-13,17-21H2,2-3H3/t24-,35-,36+/m1/s1. The van der Waals surface area contributed by atoms with Crippen LogP contribution < -0.4 is 14.4 Å². The second-order valence-corrected chi connectivity index (χ2v) is 13.6. The molecule has 3 fully saturated rings. The fraction of sp³-hybridized carbons (Fsp3) is 0.444. The van der Waals surface area contributed by atoms with Crippen LogP contribution in [0.15, 0.2) is 36.4 Å². The van der Waals surface area contributed by atoms with Crippen LogP contribution in [0.25, 0.3) is 32.8 Å². The quantitative estimate of drug-likeness (QED) is 0.169. The molecule has 1 aromatic heterocycles. The molecule has 0 unspecified atom stereocenters. The second-order valence-electron chi connectivity index (χ2n) is 13.2. The third-order valence-electron chi connectivity index (χ3n) is 9.77. The number of nitrogens with zero attached hydrogens (tertiary/aromatic N) is 4. The number of anilines is 1. The Morgan fingerprint density at radius 1 is 1.15 bits per heavy atom. The number of hydrogen-bond donors (Lipinski definition) is 1. The summed E-state index contributed by atoms with van der Waals surface area (Å²) in [7, 11) is 1.52. The number of methoxy groups -OCH3 is 1. The summed E-state index contributed by atoms with van der Waals surface area (Å²) >= 11 is 6.97. The van der Waals surface area contributed by atoms with Crippen LogP contribution >= 0.6 is 11.6 Å². The third kappa shape index (κ3) is 5.84. The van der Waals surface area contributed by atoms with E-state index in [0.717, 1.165) is 24.8 Å². The number of aromatic nitrogens is 2. The van der Waals surface area contributed by atoms with Gasteiger partial charge in [-0.3, -0.25) is 4.90 Å². The number of fused-ring (bicyclic) bond motifs is 3. The van der Waals surface area contributed by atoms with Crippen LogP contribution in [0.5, 0.6) is 11.8 Å². The summed E-state index contributed by atoms with van der Waals surface area (Å²) in [6.45, 7) is 4.04. The van der Waals surface area contributed by atoms with Gasteiger partial charge in [0, 0.05) is 55.1 Å². The highest BCUT2D eigenvalue weighted by Crippen LogP contribution is 2.45. The highest BCUT2D eigenvalue weighted by molar-refractivity contribution is 6.35. The minimum atomic E-state index is -0.963. The monoisotopic (exact) mass is 662 g/mol. The smallest absolute Gasteiger partial charge is 0.319 e. The van der Waals surface area contributed by atoms with Crippen LogP contribution in [0.4, 0.5) is 14.6 Å². The molecule has 0 spiro atoms. The van der Waals surface area contributed by atoms with Crippen molar-refractivity contribution < 1.29 is 28.1 Å². The van der Waals surface area contributed by atoms with E-state index in [9.17, 15) is 9.50 Å². The van der Waals surface area contributed by atoms with Gasteiger partial charge >= 0.3 is 6.01 Å². The minimum Gasteiger partial charge on any atom is -0.468 e. The van der Waals surface area contributed by atoms with Gasteiger partial charge in [-0.05, 0) is 74.4 Å². The van der Waals surface area contributed by atoms with Gasteiger partial charge in [0.15, 0.2) is 12.6 Å². The normalized spacial score (nSPS) is 24.5. The molecular formula is C36H37ClF2N4O4. The molecule has 7 rings (SSSR count). The lowest BCUT2D eigenvalue weighted by Crippen LogP contribution is -2.46. The molecule has 3 aliphatic rings. The predicted molar refractivity (Wildman–Crippen MR) is 179 cm³/mol. The summed E-state index contributed by atoms with van der Waals surface area (Å²) < 4.78 is 48.8. The Bertz CT molecular complexity index is 1900. The van der Waals surface area contributed by atoms with Gasteiger partial charge in [0.25, 0.3) is 0 Å². The molecule has 246 valence electrons. The number of aliphatic hydroxyl groups is 1. The Morgan fingerprint density at radius 2 is 1.98 bits per heavy atom. The summed E-state index contributed by atoms with van der Waals surface area (Å²) in [6, 6.07) is 10.7. The van der Waals surface area contributed by atoms with Crippen LogP contribution in [-0.2, 0) is 4.74 Å². The van der Waals surface area contributed by atoms with E-state index in [1.165, 1.54) is 7.11 Å². The zero-order valence-electron chi connectivity index (χ0n) is 26.5. The van der Waals surface area contributed by atoms with E-state index < -0.39 is 23.1 Å². The molecule has 8 nitrogen and oxygen atoms in total. The van der Waals surface area contributed by atoms with Crippen LogP contribution in [-0.4, -0.2) is 84.0 Å². The average molecular weight is 663 g/mol. The maximum Gasteiger partial charge on any atom is 0.319 e. The molecule has 0 saturated carbocycles. The molecule has 47 heavy (non-hydrogen) atoms. The number of benzene rings is 3. The fourth-order valence-electron chi connectivity index (χ4n) is 7.69. The molecule has 3 atom stereocenters. The Hall–Kier alpha value is -3.75. The van der Waals surface area contributed by atoms with Crippen molar-refractivity contribution >= 4 is 39.1 Å². The maximum absolute atomic E-state index is 17.2. The lowest BCUT2D eigenvalue weighted by atomic mass is 9.92. The molecule has 3 aliphatic heterocycles. The molecule has 0 aliphatic carbocycles. The first-order valence-corrected chi connectivity index (χ1v) is 16.3. The van der Waals surface area contributed by atoms with Crippen LogP contribution in [0.1, 0.15) is 44.6 Å². The summed E-state index contributed by atoms with van der Waals surface area (Å²) in [6.07, 6.45) is 8.47. The zero-order valence-corrected chi connectivity index (χ0v) is 27.2. The predicted octanol–water partition coefficient (Wildman–Crippen LogP) is 6.51. The van der Waals surface area contributed by atoms with Gasteiger partial charge in [-0.1, -0.05) is 29.7 Å².